The Hall–Kier alpha value is -0.310. The van der Waals surface area contributed by atoms with Crippen LogP contribution in [-0.4, -0.2) is 16.9 Å². The lowest BCUT2D eigenvalue weighted by molar-refractivity contribution is -0.139. The van der Waals surface area contributed by atoms with Crippen LogP contribution in [0.5, 0.6) is 0 Å². The number of alkyl halides is 1. The van der Waals surface area contributed by atoms with Crippen LogP contribution in [0.15, 0.2) is 12.2 Å². The third-order valence-electron chi connectivity index (χ3n) is 2.01. The third kappa shape index (κ3) is 0.732. The molecule has 0 bridgehead atoms. The summed E-state index contributed by atoms with van der Waals surface area (Å²) < 4.78 is 5.02. The number of fused-ring (bicyclic) bond motifs is 1. The molecule has 0 radical (unpaired) electrons. The van der Waals surface area contributed by atoms with E-state index in [0.29, 0.717) is 5.92 Å². The van der Waals surface area contributed by atoms with Crippen molar-refractivity contribution in [2.75, 3.05) is 0 Å². The molecular formula is C7H7BrO2. The maximum Gasteiger partial charge on any atom is 0.320 e. The van der Waals surface area contributed by atoms with Gasteiger partial charge in [-0.25, -0.2) is 0 Å². The van der Waals surface area contributed by atoms with Crippen molar-refractivity contribution >= 4 is 21.9 Å². The zero-order valence-corrected chi connectivity index (χ0v) is 6.87. The molecule has 0 amide bonds. The van der Waals surface area contributed by atoms with Gasteiger partial charge in [-0.3, -0.25) is 4.79 Å². The highest BCUT2D eigenvalue weighted by atomic mass is 79.9. The molecule has 0 N–H and O–H groups in total. The van der Waals surface area contributed by atoms with E-state index in [2.05, 4.69) is 22.0 Å². The van der Waals surface area contributed by atoms with Gasteiger partial charge in [0.15, 0.2) is 0 Å². The van der Waals surface area contributed by atoms with E-state index in [4.69, 9.17) is 4.74 Å². The van der Waals surface area contributed by atoms with Crippen molar-refractivity contribution in [1.29, 1.82) is 0 Å². The number of rotatable bonds is 0. The molecule has 0 spiro atoms. The Labute approximate surface area is 67.4 Å². The minimum absolute atomic E-state index is 0.0527. The zero-order valence-electron chi connectivity index (χ0n) is 5.29. The van der Waals surface area contributed by atoms with Gasteiger partial charge in [0, 0.05) is 5.92 Å². The summed E-state index contributed by atoms with van der Waals surface area (Å²) in [7, 11) is 0. The van der Waals surface area contributed by atoms with Crippen molar-refractivity contribution in [1.82, 2.24) is 0 Å². The first-order valence-corrected chi connectivity index (χ1v) is 4.22. The molecular weight excluding hydrogens is 196 g/mol. The Morgan fingerprint density at radius 3 is 3.20 bits per heavy atom. The summed E-state index contributed by atoms with van der Waals surface area (Å²) in [5.74, 6) is 0.242. The summed E-state index contributed by atoms with van der Waals surface area (Å²) >= 11 is 3.30. The van der Waals surface area contributed by atoms with Gasteiger partial charge in [0.25, 0.3) is 0 Å². The van der Waals surface area contributed by atoms with Gasteiger partial charge in [-0.05, 0) is 12.5 Å². The highest BCUT2D eigenvalue weighted by molar-refractivity contribution is 9.10. The average molecular weight is 203 g/mol. The fourth-order valence-corrected chi connectivity index (χ4v) is 2.06. The Kier molecular flexibility index (Phi) is 1.34. The van der Waals surface area contributed by atoms with E-state index in [1.54, 1.807) is 0 Å². The zero-order chi connectivity index (χ0) is 7.14. The second-order valence-corrected chi connectivity index (χ2v) is 3.62. The van der Waals surface area contributed by atoms with E-state index in [9.17, 15) is 4.79 Å². The first-order chi connectivity index (χ1) is 4.79. The summed E-state index contributed by atoms with van der Waals surface area (Å²) in [6.07, 6.45) is 5.04. The largest absolute Gasteiger partial charge is 0.457 e. The Morgan fingerprint density at radius 2 is 2.50 bits per heavy atom. The van der Waals surface area contributed by atoms with E-state index in [1.807, 2.05) is 6.08 Å². The number of allylic oxidation sites excluding steroid dienone is 1. The fourth-order valence-electron chi connectivity index (χ4n) is 1.43. The van der Waals surface area contributed by atoms with Gasteiger partial charge in [0.1, 0.15) is 10.9 Å². The smallest absolute Gasteiger partial charge is 0.320 e. The number of hydrogen-bond acceptors (Lipinski definition) is 2. The molecule has 1 aliphatic heterocycles. The number of ether oxygens (including phenoxy) is 1. The van der Waals surface area contributed by atoms with Crippen LogP contribution in [0.3, 0.4) is 0 Å². The number of carbonyl (C=O) groups is 1. The molecule has 3 heteroatoms. The Morgan fingerprint density at radius 1 is 1.70 bits per heavy atom. The van der Waals surface area contributed by atoms with Crippen LogP contribution in [0.1, 0.15) is 6.42 Å². The molecule has 1 heterocycles. The van der Waals surface area contributed by atoms with Crippen LogP contribution in [0, 0.1) is 5.92 Å². The normalized spacial score (nSPS) is 43.7. The van der Waals surface area contributed by atoms with Crippen molar-refractivity contribution in [2.45, 2.75) is 17.4 Å². The molecule has 1 fully saturated rings. The third-order valence-corrected chi connectivity index (χ3v) is 3.06. The van der Waals surface area contributed by atoms with Gasteiger partial charge in [0.2, 0.25) is 0 Å². The molecule has 2 nitrogen and oxygen atoms in total. The van der Waals surface area contributed by atoms with Gasteiger partial charge < -0.3 is 4.74 Å². The van der Waals surface area contributed by atoms with Crippen LogP contribution >= 0.6 is 15.9 Å². The van der Waals surface area contributed by atoms with E-state index < -0.39 is 0 Å². The second kappa shape index (κ2) is 2.09. The molecule has 0 saturated carbocycles. The maximum absolute atomic E-state index is 10.9. The van der Waals surface area contributed by atoms with Gasteiger partial charge >= 0.3 is 5.97 Å². The number of halogens is 1. The fraction of sp³-hybridized carbons (Fsp3) is 0.571. The van der Waals surface area contributed by atoms with Crippen molar-refractivity contribution < 1.29 is 9.53 Å². The van der Waals surface area contributed by atoms with Crippen molar-refractivity contribution in [3.63, 3.8) is 0 Å². The predicted octanol–water partition coefficient (Wildman–Crippen LogP) is 1.25. The minimum atomic E-state index is -0.112. The first-order valence-electron chi connectivity index (χ1n) is 3.30. The molecule has 0 unspecified atom stereocenters. The molecule has 2 rings (SSSR count). The molecule has 0 aromatic carbocycles. The molecule has 10 heavy (non-hydrogen) atoms. The molecule has 0 aromatic rings. The summed E-state index contributed by atoms with van der Waals surface area (Å²) in [6, 6.07) is 0. The Bertz CT molecular complexity index is 200. The lowest BCUT2D eigenvalue weighted by Gasteiger charge is -2.05. The van der Waals surface area contributed by atoms with E-state index in [0.717, 1.165) is 6.42 Å². The van der Waals surface area contributed by atoms with Gasteiger partial charge in [-0.2, -0.15) is 0 Å². The second-order valence-electron chi connectivity index (χ2n) is 2.63. The standard InChI is InChI=1S/C7H7BrO2/c8-6-4-2-1-3-5(4)10-7(6)9/h1,3-6H,2H2/t4-,5+,6+/m0/s1. The Balaban J connectivity index is 2.22. The molecule has 54 valence electrons. The molecule has 0 aromatic heterocycles. The number of carbonyl (C=O) groups excluding carboxylic acids is 1. The monoisotopic (exact) mass is 202 g/mol. The average Bonchev–Trinajstić information content (AvgIpc) is 2.41. The lowest BCUT2D eigenvalue weighted by atomic mass is 10.0. The number of esters is 1. The van der Waals surface area contributed by atoms with Crippen LogP contribution < -0.4 is 0 Å². The molecule has 3 atom stereocenters. The predicted molar refractivity (Wildman–Crippen MR) is 39.8 cm³/mol. The highest BCUT2D eigenvalue weighted by Crippen LogP contribution is 2.35. The highest BCUT2D eigenvalue weighted by Gasteiger charge is 2.43. The van der Waals surface area contributed by atoms with Crippen LogP contribution in [0.25, 0.3) is 0 Å². The molecule has 2 aliphatic rings. The van der Waals surface area contributed by atoms with E-state index in [-0.39, 0.29) is 16.9 Å². The van der Waals surface area contributed by atoms with Crippen molar-refractivity contribution in [3.05, 3.63) is 12.2 Å². The van der Waals surface area contributed by atoms with Crippen molar-refractivity contribution in [2.24, 2.45) is 5.92 Å². The number of hydrogen-bond donors (Lipinski definition) is 0. The van der Waals surface area contributed by atoms with Gasteiger partial charge in [-0.1, -0.05) is 22.0 Å². The van der Waals surface area contributed by atoms with Gasteiger partial charge in [-0.15, -0.1) is 0 Å². The lowest BCUT2D eigenvalue weighted by Crippen LogP contribution is -2.15. The van der Waals surface area contributed by atoms with Crippen LogP contribution in [0.2, 0.25) is 0 Å². The van der Waals surface area contributed by atoms with Gasteiger partial charge in [0.05, 0.1) is 0 Å². The van der Waals surface area contributed by atoms with E-state index >= 15 is 0 Å². The quantitative estimate of drug-likeness (QED) is 0.336. The first kappa shape index (κ1) is 6.40. The summed E-state index contributed by atoms with van der Waals surface area (Å²) in [5.41, 5.74) is 0. The van der Waals surface area contributed by atoms with Crippen LogP contribution in [-0.2, 0) is 9.53 Å². The summed E-state index contributed by atoms with van der Waals surface area (Å²) in [5, 5.41) is 0. The van der Waals surface area contributed by atoms with Crippen molar-refractivity contribution in [3.8, 4) is 0 Å². The SMILES string of the molecule is O=C1O[C@@H]2C=CC[C@@H]2[C@H]1Br. The van der Waals surface area contributed by atoms with E-state index in [1.165, 1.54) is 0 Å². The summed E-state index contributed by atoms with van der Waals surface area (Å²) in [6.45, 7) is 0. The summed E-state index contributed by atoms with van der Waals surface area (Å²) in [4.78, 5) is 10.8. The minimum Gasteiger partial charge on any atom is -0.457 e. The topological polar surface area (TPSA) is 26.3 Å². The van der Waals surface area contributed by atoms with Crippen LogP contribution in [0.4, 0.5) is 0 Å². The molecule has 1 aliphatic carbocycles. The molecule has 1 saturated heterocycles. The maximum atomic E-state index is 10.9.